The fourth-order valence-electron chi connectivity index (χ4n) is 5.24. The summed E-state index contributed by atoms with van der Waals surface area (Å²) in [4.78, 5) is 4.51. The quantitative estimate of drug-likeness (QED) is 0.622. The van der Waals surface area contributed by atoms with Gasteiger partial charge in [-0.05, 0) is 54.7 Å². The minimum Gasteiger partial charge on any atom is -0.487 e. The third-order valence-electron chi connectivity index (χ3n) is 6.85. The van der Waals surface area contributed by atoms with Crippen LogP contribution < -0.4 is 10.1 Å². The van der Waals surface area contributed by atoms with Gasteiger partial charge in [0.1, 0.15) is 29.7 Å². The number of aliphatic hydroxyl groups excluding tert-OH is 2. The minimum absolute atomic E-state index is 0.282. The van der Waals surface area contributed by atoms with Crippen molar-refractivity contribution in [3.63, 3.8) is 0 Å². The summed E-state index contributed by atoms with van der Waals surface area (Å²) in [7, 11) is 0. The normalized spacial score (nSPS) is 28.6. The Labute approximate surface area is 176 Å². The van der Waals surface area contributed by atoms with Crippen LogP contribution in [0, 0.1) is 13.8 Å². The van der Waals surface area contributed by atoms with E-state index in [9.17, 15) is 10.2 Å². The van der Waals surface area contributed by atoms with Gasteiger partial charge in [0.25, 0.3) is 0 Å². The topological polar surface area (TPSA) is 79.5 Å². The molecule has 0 amide bonds. The summed E-state index contributed by atoms with van der Waals surface area (Å²) in [5.74, 6) is 1.22. The van der Waals surface area contributed by atoms with Crippen molar-refractivity contribution in [1.82, 2.24) is 14.9 Å². The number of pyridine rings is 1. The van der Waals surface area contributed by atoms with Gasteiger partial charge in [-0.1, -0.05) is 13.0 Å². The summed E-state index contributed by atoms with van der Waals surface area (Å²) in [6.45, 7) is 8.13. The summed E-state index contributed by atoms with van der Waals surface area (Å²) in [5, 5.41) is 26.2. The smallest absolute Gasteiger partial charge is 0.140 e. The molecule has 0 radical (unpaired) electrons. The molecule has 2 aliphatic rings. The van der Waals surface area contributed by atoms with Gasteiger partial charge in [-0.2, -0.15) is 0 Å². The van der Waals surface area contributed by atoms with Crippen molar-refractivity contribution in [3.05, 3.63) is 58.9 Å². The highest BCUT2D eigenvalue weighted by atomic mass is 16.5. The predicted molar refractivity (Wildman–Crippen MR) is 116 cm³/mol. The highest BCUT2D eigenvalue weighted by molar-refractivity contribution is 5.79. The summed E-state index contributed by atoms with van der Waals surface area (Å²) >= 11 is 0. The van der Waals surface area contributed by atoms with Gasteiger partial charge in [0.05, 0.1) is 6.04 Å². The van der Waals surface area contributed by atoms with E-state index in [-0.39, 0.29) is 6.04 Å². The molecule has 3 aromatic rings. The number of nitrogens with zero attached hydrogens (tertiary/aromatic N) is 2. The zero-order valence-corrected chi connectivity index (χ0v) is 17.7. The van der Waals surface area contributed by atoms with E-state index in [0.29, 0.717) is 12.3 Å². The maximum absolute atomic E-state index is 10.8. The van der Waals surface area contributed by atoms with Crippen molar-refractivity contribution in [2.45, 2.75) is 64.0 Å². The Kier molecular flexibility index (Phi) is 4.81. The van der Waals surface area contributed by atoms with E-state index in [1.165, 1.54) is 16.7 Å². The second-order valence-corrected chi connectivity index (χ2v) is 8.83. The molecule has 1 aliphatic heterocycles. The zero-order valence-electron chi connectivity index (χ0n) is 17.7. The molecule has 3 N–H and O–H groups in total. The van der Waals surface area contributed by atoms with Crippen LogP contribution in [-0.4, -0.2) is 44.6 Å². The molecule has 1 aromatic carbocycles. The van der Waals surface area contributed by atoms with E-state index in [0.717, 1.165) is 35.4 Å². The highest BCUT2D eigenvalue weighted by Gasteiger charge is 2.44. The van der Waals surface area contributed by atoms with Gasteiger partial charge < -0.3 is 24.8 Å². The Balaban J connectivity index is 1.45. The SMILES string of the molecule is Cc1ccc(OC2CC(n3ccc4c(C)ccnc43)C(O)C2O)c2c1C(C)CNC2. The third kappa shape index (κ3) is 3.02. The molecule has 30 heavy (non-hydrogen) atoms. The molecule has 158 valence electrons. The predicted octanol–water partition coefficient (Wildman–Crippen LogP) is 2.97. The molecule has 1 saturated carbocycles. The number of hydrogen-bond donors (Lipinski definition) is 3. The molecule has 3 heterocycles. The largest absolute Gasteiger partial charge is 0.487 e. The maximum Gasteiger partial charge on any atom is 0.140 e. The lowest BCUT2D eigenvalue weighted by Crippen LogP contribution is -2.35. The first kappa shape index (κ1) is 19.5. The molecule has 0 spiro atoms. The van der Waals surface area contributed by atoms with E-state index >= 15 is 0 Å². The monoisotopic (exact) mass is 407 g/mol. The summed E-state index contributed by atoms with van der Waals surface area (Å²) in [6.07, 6.45) is 1.92. The molecule has 2 aromatic heterocycles. The van der Waals surface area contributed by atoms with Crippen LogP contribution in [0.5, 0.6) is 5.75 Å². The van der Waals surface area contributed by atoms with Gasteiger partial charge >= 0.3 is 0 Å². The summed E-state index contributed by atoms with van der Waals surface area (Å²) < 4.78 is 8.32. The van der Waals surface area contributed by atoms with Crippen molar-refractivity contribution >= 4 is 11.0 Å². The highest BCUT2D eigenvalue weighted by Crippen LogP contribution is 2.39. The number of hydrogen-bond acceptors (Lipinski definition) is 5. The number of ether oxygens (including phenoxy) is 1. The third-order valence-corrected chi connectivity index (χ3v) is 6.85. The van der Waals surface area contributed by atoms with Crippen LogP contribution in [0.3, 0.4) is 0 Å². The first-order valence-corrected chi connectivity index (χ1v) is 10.7. The van der Waals surface area contributed by atoms with Crippen molar-refractivity contribution in [1.29, 1.82) is 0 Å². The second kappa shape index (κ2) is 7.38. The van der Waals surface area contributed by atoms with E-state index in [1.54, 1.807) is 6.20 Å². The van der Waals surface area contributed by atoms with Crippen LogP contribution in [0.2, 0.25) is 0 Å². The molecular formula is C24H29N3O3. The Morgan fingerprint density at radius 1 is 1.10 bits per heavy atom. The molecule has 1 fully saturated rings. The number of aliphatic hydroxyl groups is 2. The van der Waals surface area contributed by atoms with Crippen LogP contribution in [0.15, 0.2) is 36.7 Å². The lowest BCUT2D eigenvalue weighted by atomic mass is 9.88. The van der Waals surface area contributed by atoms with Crippen LogP contribution in [0.4, 0.5) is 0 Å². The minimum atomic E-state index is -0.955. The van der Waals surface area contributed by atoms with Crippen molar-refractivity contribution in [3.8, 4) is 5.75 Å². The van der Waals surface area contributed by atoms with Gasteiger partial charge in [-0.3, -0.25) is 0 Å². The summed E-state index contributed by atoms with van der Waals surface area (Å²) in [5.41, 5.74) is 5.76. The second-order valence-electron chi connectivity index (χ2n) is 8.83. The van der Waals surface area contributed by atoms with Gasteiger partial charge in [0, 0.05) is 42.9 Å². The fraction of sp³-hybridized carbons (Fsp3) is 0.458. The maximum atomic E-state index is 10.8. The Morgan fingerprint density at radius 2 is 1.93 bits per heavy atom. The van der Waals surface area contributed by atoms with Gasteiger partial charge in [0.15, 0.2) is 0 Å². The number of aryl methyl sites for hydroxylation is 2. The first-order chi connectivity index (χ1) is 14.5. The Morgan fingerprint density at radius 3 is 2.77 bits per heavy atom. The molecule has 5 atom stereocenters. The average Bonchev–Trinajstić information content (AvgIpc) is 3.27. The lowest BCUT2D eigenvalue weighted by molar-refractivity contribution is -0.0166. The first-order valence-electron chi connectivity index (χ1n) is 10.7. The van der Waals surface area contributed by atoms with E-state index in [4.69, 9.17) is 4.74 Å². The van der Waals surface area contributed by atoms with Crippen LogP contribution in [0.25, 0.3) is 11.0 Å². The molecule has 0 saturated heterocycles. The van der Waals surface area contributed by atoms with Gasteiger partial charge in [-0.15, -0.1) is 0 Å². The Bertz CT molecular complexity index is 1090. The molecular weight excluding hydrogens is 378 g/mol. The van der Waals surface area contributed by atoms with Gasteiger partial charge in [0.2, 0.25) is 0 Å². The molecule has 0 bridgehead atoms. The van der Waals surface area contributed by atoms with E-state index in [2.05, 4.69) is 37.1 Å². The standard InChI is InChI=1S/C24H29N3O3/c1-13-6-8-26-24-16(13)7-9-27(24)18-10-20(23(29)22(18)28)30-19-5-4-14(2)21-15(3)11-25-12-17(19)21/h4-9,15,18,20,22-23,25,28-29H,10-12H2,1-3H3. The molecule has 6 nitrogen and oxygen atoms in total. The fourth-order valence-corrected chi connectivity index (χ4v) is 5.24. The van der Waals surface area contributed by atoms with E-state index < -0.39 is 18.3 Å². The van der Waals surface area contributed by atoms with E-state index in [1.807, 2.05) is 29.0 Å². The molecule has 1 aliphatic carbocycles. The van der Waals surface area contributed by atoms with Crippen LogP contribution >= 0.6 is 0 Å². The number of aromatic nitrogens is 2. The van der Waals surface area contributed by atoms with Crippen molar-refractivity contribution in [2.75, 3.05) is 6.54 Å². The Hall–Kier alpha value is -2.41. The average molecular weight is 408 g/mol. The van der Waals surface area contributed by atoms with Crippen LogP contribution in [0.1, 0.15) is 47.6 Å². The number of rotatable bonds is 3. The molecule has 5 rings (SSSR count). The molecule has 5 unspecified atom stereocenters. The van der Waals surface area contributed by atoms with Crippen molar-refractivity contribution < 1.29 is 14.9 Å². The number of nitrogens with one attached hydrogen (secondary N) is 1. The van der Waals surface area contributed by atoms with Gasteiger partial charge in [-0.25, -0.2) is 4.98 Å². The molecule has 6 heteroatoms. The number of fused-ring (bicyclic) bond motifs is 2. The zero-order chi connectivity index (χ0) is 21.0. The summed E-state index contributed by atoms with van der Waals surface area (Å²) in [6, 6.07) is 7.81. The van der Waals surface area contributed by atoms with Crippen molar-refractivity contribution in [2.24, 2.45) is 0 Å². The number of benzene rings is 1. The lowest BCUT2D eigenvalue weighted by Gasteiger charge is -2.29. The van der Waals surface area contributed by atoms with Crippen LogP contribution in [-0.2, 0) is 6.54 Å².